The zero-order valence-electron chi connectivity index (χ0n) is 13.6. The molecule has 0 radical (unpaired) electrons. The van der Waals surface area contributed by atoms with Crippen molar-refractivity contribution in [3.63, 3.8) is 0 Å². The van der Waals surface area contributed by atoms with Crippen LogP contribution >= 0.6 is 0 Å². The van der Waals surface area contributed by atoms with Crippen LogP contribution < -0.4 is 11.3 Å². The van der Waals surface area contributed by atoms with Gasteiger partial charge in [-0.2, -0.15) is 5.10 Å². The van der Waals surface area contributed by atoms with E-state index in [0.717, 1.165) is 17.0 Å². The van der Waals surface area contributed by atoms with Gasteiger partial charge in [0.15, 0.2) is 5.82 Å². The van der Waals surface area contributed by atoms with Crippen LogP contribution in [-0.4, -0.2) is 19.7 Å². The summed E-state index contributed by atoms with van der Waals surface area (Å²) in [6.45, 7) is 10.6. The van der Waals surface area contributed by atoms with Gasteiger partial charge in [-0.25, -0.2) is 15.8 Å². The van der Waals surface area contributed by atoms with Crippen molar-refractivity contribution in [1.82, 2.24) is 19.7 Å². The van der Waals surface area contributed by atoms with Crippen LogP contribution in [0.1, 0.15) is 51.9 Å². The highest BCUT2D eigenvalue weighted by molar-refractivity contribution is 5.61. The maximum Gasteiger partial charge on any atom is 0.165 e. The third-order valence-electron chi connectivity index (χ3n) is 3.27. The summed E-state index contributed by atoms with van der Waals surface area (Å²) in [5.74, 6) is 7.11. The molecule has 2 aromatic rings. The molecule has 0 saturated carbocycles. The van der Waals surface area contributed by atoms with Crippen LogP contribution in [0.2, 0.25) is 0 Å². The third kappa shape index (κ3) is 3.21. The van der Waals surface area contributed by atoms with Crippen LogP contribution in [0.25, 0.3) is 11.4 Å². The molecule has 6 nitrogen and oxygen atoms in total. The summed E-state index contributed by atoms with van der Waals surface area (Å²) in [7, 11) is 1.91. The maximum atomic E-state index is 5.53. The van der Waals surface area contributed by atoms with Gasteiger partial charge < -0.3 is 5.43 Å². The molecule has 2 aromatic heterocycles. The van der Waals surface area contributed by atoms with Crippen LogP contribution in [0.5, 0.6) is 0 Å². The number of nitrogens with two attached hydrogens (primary N) is 1. The van der Waals surface area contributed by atoms with E-state index < -0.39 is 0 Å². The van der Waals surface area contributed by atoms with Crippen molar-refractivity contribution in [2.24, 2.45) is 12.9 Å². The zero-order chi connectivity index (χ0) is 15.8. The summed E-state index contributed by atoms with van der Waals surface area (Å²) in [6, 6.07) is 1.88. The summed E-state index contributed by atoms with van der Waals surface area (Å²) in [6.07, 6.45) is 1.96. The van der Waals surface area contributed by atoms with Gasteiger partial charge in [0.2, 0.25) is 0 Å². The molecule has 0 atom stereocenters. The number of hydrogen-bond acceptors (Lipinski definition) is 5. The molecule has 6 heteroatoms. The van der Waals surface area contributed by atoms with E-state index in [4.69, 9.17) is 5.84 Å². The standard InChI is InChI=1S/C15H24N6/c1-9(2)11-7-12(19-16)18-14(17-11)10-8-21(6)20-13(10)15(3,4)5/h7-9H,16H2,1-6H3,(H,17,18,19). The van der Waals surface area contributed by atoms with E-state index >= 15 is 0 Å². The molecule has 0 unspecified atom stereocenters. The fourth-order valence-corrected chi connectivity index (χ4v) is 2.16. The van der Waals surface area contributed by atoms with Gasteiger partial charge in [-0.15, -0.1) is 0 Å². The second-order valence-corrected chi connectivity index (χ2v) is 6.62. The zero-order valence-corrected chi connectivity index (χ0v) is 13.6. The number of nitrogens with zero attached hydrogens (tertiary/aromatic N) is 4. The lowest BCUT2D eigenvalue weighted by Gasteiger charge is -2.17. The second-order valence-electron chi connectivity index (χ2n) is 6.62. The Hall–Kier alpha value is -1.95. The van der Waals surface area contributed by atoms with E-state index in [-0.39, 0.29) is 5.41 Å². The van der Waals surface area contributed by atoms with Gasteiger partial charge in [0, 0.05) is 30.4 Å². The van der Waals surface area contributed by atoms with Crippen molar-refractivity contribution < 1.29 is 0 Å². The van der Waals surface area contributed by atoms with Gasteiger partial charge in [0.05, 0.1) is 11.3 Å². The summed E-state index contributed by atoms with van der Waals surface area (Å²) in [5, 5.41) is 4.57. The normalized spacial score (nSPS) is 12.0. The number of rotatable bonds is 3. The third-order valence-corrected chi connectivity index (χ3v) is 3.27. The minimum atomic E-state index is -0.0793. The molecule has 3 N–H and O–H groups in total. The summed E-state index contributed by atoms with van der Waals surface area (Å²) < 4.78 is 1.80. The van der Waals surface area contributed by atoms with Crippen LogP contribution in [0.3, 0.4) is 0 Å². The first-order valence-electron chi connectivity index (χ1n) is 7.12. The second kappa shape index (κ2) is 5.44. The molecule has 0 fully saturated rings. The molecule has 0 amide bonds. The van der Waals surface area contributed by atoms with Gasteiger partial charge in [-0.3, -0.25) is 4.68 Å². The van der Waals surface area contributed by atoms with E-state index in [9.17, 15) is 0 Å². The van der Waals surface area contributed by atoms with Crippen LogP contribution in [0, 0.1) is 0 Å². The fourth-order valence-electron chi connectivity index (χ4n) is 2.16. The van der Waals surface area contributed by atoms with Crippen LogP contribution in [-0.2, 0) is 12.5 Å². The number of hydrazine groups is 1. The Balaban J connectivity index is 2.64. The van der Waals surface area contributed by atoms with Crippen molar-refractivity contribution in [2.45, 2.75) is 46.0 Å². The fraction of sp³-hybridized carbons (Fsp3) is 0.533. The molecule has 114 valence electrons. The largest absolute Gasteiger partial charge is 0.308 e. The van der Waals surface area contributed by atoms with Gasteiger partial charge in [0.1, 0.15) is 5.82 Å². The first kappa shape index (κ1) is 15.4. The van der Waals surface area contributed by atoms with E-state index in [1.807, 2.05) is 19.3 Å². The highest BCUT2D eigenvalue weighted by Crippen LogP contribution is 2.31. The highest BCUT2D eigenvalue weighted by Gasteiger charge is 2.24. The highest BCUT2D eigenvalue weighted by atomic mass is 15.3. The molecule has 21 heavy (non-hydrogen) atoms. The Morgan fingerprint density at radius 3 is 2.43 bits per heavy atom. The van der Waals surface area contributed by atoms with Gasteiger partial charge >= 0.3 is 0 Å². The quantitative estimate of drug-likeness (QED) is 0.670. The van der Waals surface area contributed by atoms with Gasteiger partial charge in [-0.1, -0.05) is 34.6 Å². The molecule has 0 aliphatic carbocycles. The molecule has 0 aliphatic rings. The Morgan fingerprint density at radius 1 is 1.24 bits per heavy atom. The number of aryl methyl sites for hydroxylation is 1. The number of nitrogens with one attached hydrogen (secondary N) is 1. The number of anilines is 1. The smallest absolute Gasteiger partial charge is 0.165 e. The monoisotopic (exact) mass is 288 g/mol. The van der Waals surface area contributed by atoms with E-state index in [2.05, 4.69) is 55.1 Å². The molecule has 0 bridgehead atoms. The Morgan fingerprint density at radius 2 is 1.90 bits per heavy atom. The lowest BCUT2D eigenvalue weighted by Crippen LogP contribution is -2.15. The summed E-state index contributed by atoms with van der Waals surface area (Å²) >= 11 is 0. The van der Waals surface area contributed by atoms with Crippen LogP contribution in [0.4, 0.5) is 5.82 Å². The molecule has 0 saturated heterocycles. The molecule has 0 aromatic carbocycles. The SMILES string of the molecule is CC(C)c1cc(NN)nc(-c2cn(C)nc2C(C)(C)C)n1. The maximum absolute atomic E-state index is 5.53. The first-order chi connectivity index (χ1) is 9.72. The van der Waals surface area contributed by atoms with Gasteiger partial charge in [0.25, 0.3) is 0 Å². The van der Waals surface area contributed by atoms with Crippen molar-refractivity contribution in [3.8, 4) is 11.4 Å². The lowest BCUT2D eigenvalue weighted by atomic mass is 9.89. The molecule has 0 aliphatic heterocycles. The van der Waals surface area contributed by atoms with E-state index in [1.165, 1.54) is 0 Å². The van der Waals surface area contributed by atoms with E-state index in [0.29, 0.717) is 17.6 Å². The predicted octanol–water partition coefficient (Wildman–Crippen LogP) is 2.58. The van der Waals surface area contributed by atoms with Crippen molar-refractivity contribution in [1.29, 1.82) is 0 Å². The number of hydrogen-bond donors (Lipinski definition) is 2. The molecule has 2 heterocycles. The Labute approximate surface area is 125 Å². The Bertz CT molecular complexity index is 636. The van der Waals surface area contributed by atoms with Crippen molar-refractivity contribution in [3.05, 3.63) is 23.7 Å². The predicted molar refractivity (Wildman–Crippen MR) is 84.8 cm³/mol. The molecule has 2 rings (SSSR count). The minimum Gasteiger partial charge on any atom is -0.308 e. The van der Waals surface area contributed by atoms with Crippen molar-refractivity contribution in [2.75, 3.05) is 5.43 Å². The minimum absolute atomic E-state index is 0.0793. The topological polar surface area (TPSA) is 81.6 Å². The molecular weight excluding hydrogens is 264 g/mol. The van der Waals surface area contributed by atoms with Crippen LogP contribution in [0.15, 0.2) is 12.3 Å². The van der Waals surface area contributed by atoms with E-state index in [1.54, 1.807) is 4.68 Å². The average molecular weight is 288 g/mol. The molecule has 0 spiro atoms. The first-order valence-corrected chi connectivity index (χ1v) is 7.12. The average Bonchev–Trinajstić information content (AvgIpc) is 2.80. The van der Waals surface area contributed by atoms with Gasteiger partial charge in [-0.05, 0) is 5.92 Å². The summed E-state index contributed by atoms with van der Waals surface area (Å²) in [5.41, 5.74) is 5.42. The number of nitrogen functional groups attached to an aromatic ring is 1. The Kier molecular flexibility index (Phi) is 4.00. The lowest BCUT2D eigenvalue weighted by molar-refractivity contribution is 0.554. The number of aromatic nitrogens is 4. The van der Waals surface area contributed by atoms with Crippen molar-refractivity contribution >= 4 is 5.82 Å². The molecular formula is C15H24N6. The summed E-state index contributed by atoms with van der Waals surface area (Å²) in [4.78, 5) is 9.17.